The quantitative estimate of drug-likeness (QED) is 0.749. The number of hydrogen-bond acceptors (Lipinski definition) is 3. The number of hydrogen-bond donors (Lipinski definition) is 1. The summed E-state index contributed by atoms with van der Waals surface area (Å²) in [5.41, 5.74) is 0. The molecule has 1 fully saturated rings. The van der Waals surface area contributed by atoms with Gasteiger partial charge in [0.15, 0.2) is 0 Å². The number of carbonyl (C=O) groups is 2. The van der Waals surface area contributed by atoms with Gasteiger partial charge in [0.2, 0.25) is 11.8 Å². The van der Waals surface area contributed by atoms with Crippen molar-refractivity contribution in [3.8, 4) is 0 Å². The van der Waals surface area contributed by atoms with Crippen LogP contribution in [-0.2, 0) is 9.59 Å². The standard InChI is InChI=1S/C12H23N3O2/c1-5-15(8-10(16)14(3)4)12(17)11-9(2)6-7-13-11/h9,11,13H,5-8H2,1-4H3. The molecule has 17 heavy (non-hydrogen) atoms. The van der Waals surface area contributed by atoms with Crippen molar-refractivity contribution in [1.82, 2.24) is 15.1 Å². The van der Waals surface area contributed by atoms with Crippen LogP contribution in [0.2, 0.25) is 0 Å². The van der Waals surface area contributed by atoms with Crippen LogP contribution < -0.4 is 5.32 Å². The van der Waals surface area contributed by atoms with Gasteiger partial charge in [-0.25, -0.2) is 0 Å². The third-order valence-corrected chi connectivity index (χ3v) is 3.32. The Morgan fingerprint density at radius 2 is 2.00 bits per heavy atom. The van der Waals surface area contributed by atoms with E-state index >= 15 is 0 Å². The smallest absolute Gasteiger partial charge is 0.241 e. The summed E-state index contributed by atoms with van der Waals surface area (Å²) >= 11 is 0. The maximum absolute atomic E-state index is 12.2. The highest BCUT2D eigenvalue weighted by atomic mass is 16.2. The Morgan fingerprint density at radius 1 is 1.35 bits per heavy atom. The summed E-state index contributed by atoms with van der Waals surface area (Å²) < 4.78 is 0. The van der Waals surface area contributed by atoms with Crippen molar-refractivity contribution in [2.45, 2.75) is 26.3 Å². The molecule has 0 saturated carbocycles. The Bertz CT molecular complexity index is 291. The van der Waals surface area contributed by atoms with Crippen LogP contribution in [-0.4, -0.2) is 61.4 Å². The molecule has 2 atom stereocenters. The Balaban J connectivity index is 2.60. The minimum Gasteiger partial charge on any atom is -0.347 e. The number of rotatable bonds is 4. The van der Waals surface area contributed by atoms with E-state index < -0.39 is 0 Å². The van der Waals surface area contributed by atoms with Crippen molar-refractivity contribution in [2.75, 3.05) is 33.7 Å². The van der Waals surface area contributed by atoms with Gasteiger partial charge in [-0.15, -0.1) is 0 Å². The van der Waals surface area contributed by atoms with Crippen molar-refractivity contribution in [2.24, 2.45) is 5.92 Å². The van der Waals surface area contributed by atoms with Gasteiger partial charge in [0.25, 0.3) is 0 Å². The van der Waals surface area contributed by atoms with Gasteiger partial charge in [0.05, 0.1) is 12.6 Å². The minimum absolute atomic E-state index is 0.0362. The fourth-order valence-electron chi connectivity index (χ4n) is 2.01. The van der Waals surface area contributed by atoms with Crippen LogP contribution in [0.1, 0.15) is 20.3 Å². The topological polar surface area (TPSA) is 52.7 Å². The Morgan fingerprint density at radius 3 is 2.41 bits per heavy atom. The largest absolute Gasteiger partial charge is 0.347 e. The first-order chi connectivity index (χ1) is 7.97. The Labute approximate surface area is 103 Å². The first-order valence-electron chi connectivity index (χ1n) is 6.19. The Kier molecular flexibility index (Phi) is 4.93. The lowest BCUT2D eigenvalue weighted by atomic mass is 10.0. The maximum Gasteiger partial charge on any atom is 0.241 e. The molecule has 1 rings (SSSR count). The molecule has 0 aliphatic carbocycles. The van der Waals surface area contributed by atoms with Gasteiger partial charge in [-0.05, 0) is 25.8 Å². The molecular weight excluding hydrogens is 218 g/mol. The van der Waals surface area contributed by atoms with Crippen molar-refractivity contribution in [1.29, 1.82) is 0 Å². The van der Waals surface area contributed by atoms with Gasteiger partial charge in [0, 0.05) is 20.6 Å². The van der Waals surface area contributed by atoms with Crippen LogP contribution in [0.15, 0.2) is 0 Å². The van der Waals surface area contributed by atoms with Gasteiger partial charge in [0.1, 0.15) is 0 Å². The van der Waals surface area contributed by atoms with E-state index in [9.17, 15) is 9.59 Å². The number of likely N-dealkylation sites (N-methyl/N-ethyl adjacent to an activating group) is 2. The molecule has 5 heteroatoms. The second-order valence-electron chi connectivity index (χ2n) is 4.84. The molecule has 0 radical (unpaired) electrons. The molecule has 1 N–H and O–H groups in total. The van der Waals surface area contributed by atoms with Crippen LogP contribution in [0.5, 0.6) is 0 Å². The fourth-order valence-corrected chi connectivity index (χ4v) is 2.01. The van der Waals surface area contributed by atoms with E-state index in [1.54, 1.807) is 19.0 Å². The van der Waals surface area contributed by atoms with Crippen LogP contribution in [0.4, 0.5) is 0 Å². The van der Waals surface area contributed by atoms with Crippen molar-refractivity contribution in [3.05, 3.63) is 0 Å². The molecule has 2 unspecified atom stereocenters. The second-order valence-corrected chi connectivity index (χ2v) is 4.84. The summed E-state index contributed by atoms with van der Waals surface area (Å²) in [5, 5.41) is 3.21. The molecular formula is C12H23N3O2. The molecule has 1 aliphatic rings. The van der Waals surface area contributed by atoms with E-state index in [-0.39, 0.29) is 24.4 Å². The Hall–Kier alpha value is -1.10. The summed E-state index contributed by atoms with van der Waals surface area (Å²) in [6.45, 7) is 5.61. The minimum atomic E-state index is -0.120. The SMILES string of the molecule is CCN(CC(=O)N(C)C)C(=O)C1NCCC1C. The average Bonchev–Trinajstić information content (AvgIpc) is 2.70. The van der Waals surface area contributed by atoms with Crippen molar-refractivity contribution in [3.63, 3.8) is 0 Å². The first-order valence-corrected chi connectivity index (χ1v) is 6.19. The van der Waals surface area contributed by atoms with Crippen LogP contribution in [0.25, 0.3) is 0 Å². The maximum atomic E-state index is 12.2. The molecule has 5 nitrogen and oxygen atoms in total. The number of nitrogens with one attached hydrogen (secondary N) is 1. The molecule has 1 saturated heterocycles. The predicted molar refractivity (Wildman–Crippen MR) is 66.5 cm³/mol. The monoisotopic (exact) mass is 241 g/mol. The predicted octanol–water partition coefficient (Wildman–Crippen LogP) is -0.0789. The molecule has 0 aromatic heterocycles. The van der Waals surface area contributed by atoms with Crippen LogP contribution in [0.3, 0.4) is 0 Å². The number of amides is 2. The lowest BCUT2D eigenvalue weighted by Crippen LogP contribution is -2.49. The van der Waals surface area contributed by atoms with E-state index in [0.717, 1.165) is 13.0 Å². The molecule has 0 aromatic rings. The number of nitrogens with zero attached hydrogens (tertiary/aromatic N) is 2. The van der Waals surface area contributed by atoms with Crippen LogP contribution in [0, 0.1) is 5.92 Å². The normalized spacial score (nSPS) is 23.5. The van der Waals surface area contributed by atoms with Gasteiger partial charge in [-0.2, -0.15) is 0 Å². The van der Waals surface area contributed by atoms with E-state index in [1.165, 1.54) is 4.90 Å². The van der Waals surface area contributed by atoms with E-state index in [1.807, 2.05) is 6.92 Å². The summed E-state index contributed by atoms with van der Waals surface area (Å²) in [6.07, 6.45) is 1.02. The van der Waals surface area contributed by atoms with Crippen molar-refractivity contribution >= 4 is 11.8 Å². The highest BCUT2D eigenvalue weighted by Crippen LogP contribution is 2.16. The van der Waals surface area contributed by atoms with E-state index in [0.29, 0.717) is 12.5 Å². The molecule has 98 valence electrons. The molecule has 0 aromatic carbocycles. The third-order valence-electron chi connectivity index (χ3n) is 3.32. The van der Waals surface area contributed by atoms with Gasteiger partial charge < -0.3 is 15.1 Å². The molecule has 1 aliphatic heterocycles. The average molecular weight is 241 g/mol. The summed E-state index contributed by atoms with van der Waals surface area (Å²) in [7, 11) is 3.41. The zero-order chi connectivity index (χ0) is 13.0. The third kappa shape index (κ3) is 3.43. The zero-order valence-electron chi connectivity index (χ0n) is 11.2. The van der Waals surface area contributed by atoms with E-state index in [2.05, 4.69) is 12.2 Å². The van der Waals surface area contributed by atoms with Crippen LogP contribution >= 0.6 is 0 Å². The van der Waals surface area contributed by atoms with Gasteiger partial charge in [-0.3, -0.25) is 9.59 Å². The molecule has 2 amide bonds. The summed E-state index contributed by atoms with van der Waals surface area (Å²) in [4.78, 5) is 27.0. The molecule has 1 heterocycles. The van der Waals surface area contributed by atoms with Crippen molar-refractivity contribution < 1.29 is 9.59 Å². The van der Waals surface area contributed by atoms with Gasteiger partial charge >= 0.3 is 0 Å². The summed E-state index contributed by atoms with van der Waals surface area (Å²) in [5.74, 6) is 0.365. The number of carbonyl (C=O) groups excluding carboxylic acids is 2. The lowest BCUT2D eigenvalue weighted by molar-refractivity contribution is -0.140. The summed E-state index contributed by atoms with van der Waals surface area (Å²) in [6, 6.07) is -0.120. The highest BCUT2D eigenvalue weighted by Gasteiger charge is 2.32. The van der Waals surface area contributed by atoms with Gasteiger partial charge in [-0.1, -0.05) is 6.92 Å². The lowest BCUT2D eigenvalue weighted by Gasteiger charge is -2.26. The highest BCUT2D eigenvalue weighted by molar-refractivity contribution is 5.87. The first kappa shape index (κ1) is 14.0. The second kappa shape index (κ2) is 6.00. The fraction of sp³-hybridized carbons (Fsp3) is 0.833. The molecule has 0 bridgehead atoms. The molecule has 0 spiro atoms. The zero-order valence-corrected chi connectivity index (χ0v) is 11.2. The van der Waals surface area contributed by atoms with E-state index in [4.69, 9.17) is 0 Å².